The molecule has 166 valence electrons. The van der Waals surface area contributed by atoms with Gasteiger partial charge in [-0.15, -0.1) is 0 Å². The molecule has 0 radical (unpaired) electrons. The van der Waals surface area contributed by atoms with Crippen molar-refractivity contribution >= 4 is 22.9 Å². The quantitative estimate of drug-likeness (QED) is 0.487. The highest BCUT2D eigenvalue weighted by molar-refractivity contribution is 6.05. The number of piperazine rings is 1. The van der Waals surface area contributed by atoms with Crippen LogP contribution >= 0.6 is 0 Å². The summed E-state index contributed by atoms with van der Waals surface area (Å²) < 4.78 is 0. The van der Waals surface area contributed by atoms with E-state index < -0.39 is 0 Å². The Bertz CT molecular complexity index is 1320. The van der Waals surface area contributed by atoms with Crippen LogP contribution in [0.2, 0.25) is 0 Å². The van der Waals surface area contributed by atoms with Gasteiger partial charge in [-0.3, -0.25) is 14.8 Å². The molecule has 1 fully saturated rings. The van der Waals surface area contributed by atoms with E-state index in [9.17, 15) is 4.79 Å². The van der Waals surface area contributed by atoms with E-state index in [2.05, 4.69) is 49.9 Å². The molecule has 7 heteroatoms. The Balaban J connectivity index is 1.40. The number of H-pyrrole nitrogens is 1. The molecule has 3 heterocycles. The number of hydrogen-bond acceptors (Lipinski definition) is 6. The number of rotatable bonds is 4. The van der Waals surface area contributed by atoms with E-state index in [1.165, 1.54) is 0 Å². The van der Waals surface area contributed by atoms with E-state index >= 15 is 0 Å². The van der Waals surface area contributed by atoms with Gasteiger partial charge in [-0.05, 0) is 37.6 Å². The fraction of sp³-hybridized carbons (Fsp3) is 0.231. The minimum Gasteiger partial charge on any atom is -0.368 e. The van der Waals surface area contributed by atoms with Crippen LogP contribution in [-0.4, -0.2) is 46.8 Å². The minimum absolute atomic E-state index is 0.105. The first-order valence-electron chi connectivity index (χ1n) is 11.1. The van der Waals surface area contributed by atoms with Gasteiger partial charge in [0.2, 0.25) is 0 Å². The summed E-state index contributed by atoms with van der Waals surface area (Å²) in [6, 6.07) is 16.1. The van der Waals surface area contributed by atoms with Gasteiger partial charge in [0.15, 0.2) is 0 Å². The monoisotopic (exact) mass is 438 g/mol. The van der Waals surface area contributed by atoms with Crippen LogP contribution in [0.15, 0.2) is 76.9 Å². The number of hydrogen-bond donors (Lipinski definition) is 1. The molecule has 7 nitrogen and oxygen atoms in total. The Labute approximate surface area is 192 Å². The zero-order valence-electron chi connectivity index (χ0n) is 18.8. The van der Waals surface area contributed by atoms with Gasteiger partial charge in [0, 0.05) is 55.5 Å². The fourth-order valence-corrected chi connectivity index (χ4v) is 4.34. The van der Waals surface area contributed by atoms with Crippen molar-refractivity contribution in [1.29, 1.82) is 0 Å². The normalized spacial score (nSPS) is 14.7. The Hall–Kier alpha value is -4.00. The standard InChI is InChI=1S/C26H26N6O/c1-18-8-9-20(31-12-14-32(15-13-31)24-17-27-10-11-28-24)16-23(18)29-19(2)25-21-6-4-3-5-7-22(21)30-26(25)33/h3-11,16-17H,12-15H2,1-2H3,(H,30,33)/b29-19+. The molecule has 0 spiro atoms. The Kier molecular flexibility index (Phi) is 5.60. The highest BCUT2D eigenvalue weighted by Crippen LogP contribution is 2.29. The van der Waals surface area contributed by atoms with Gasteiger partial charge in [0.05, 0.1) is 23.2 Å². The molecule has 0 unspecified atom stereocenters. The van der Waals surface area contributed by atoms with Crippen LogP contribution in [0.1, 0.15) is 18.1 Å². The average Bonchev–Trinajstić information content (AvgIpc) is 2.99. The van der Waals surface area contributed by atoms with Gasteiger partial charge < -0.3 is 14.8 Å². The van der Waals surface area contributed by atoms with Gasteiger partial charge >= 0.3 is 0 Å². The van der Waals surface area contributed by atoms with Gasteiger partial charge in [-0.25, -0.2) is 4.98 Å². The van der Waals surface area contributed by atoms with E-state index in [1.807, 2.05) is 43.5 Å². The molecule has 0 saturated carbocycles. The smallest absolute Gasteiger partial charge is 0.258 e. The summed E-state index contributed by atoms with van der Waals surface area (Å²) >= 11 is 0. The molecule has 2 aliphatic heterocycles. The second-order valence-electron chi connectivity index (χ2n) is 8.27. The number of fused-ring (bicyclic) bond motifs is 1. The maximum atomic E-state index is 12.7. The third-order valence-corrected chi connectivity index (χ3v) is 6.14. The van der Waals surface area contributed by atoms with Gasteiger partial charge in [0.1, 0.15) is 5.82 Å². The summed E-state index contributed by atoms with van der Waals surface area (Å²) in [5.41, 5.74) is 6.05. The van der Waals surface area contributed by atoms with Gasteiger partial charge in [-0.1, -0.05) is 30.3 Å². The molecule has 5 rings (SSSR count). The lowest BCUT2D eigenvalue weighted by Gasteiger charge is -2.36. The third kappa shape index (κ3) is 4.22. The molecule has 2 aromatic rings. The lowest BCUT2D eigenvalue weighted by Crippen LogP contribution is -2.46. The number of nitrogens with zero attached hydrogens (tertiary/aromatic N) is 5. The summed E-state index contributed by atoms with van der Waals surface area (Å²) in [5, 5.41) is 0. The predicted molar refractivity (Wildman–Crippen MR) is 133 cm³/mol. The van der Waals surface area contributed by atoms with Gasteiger partial charge in [-0.2, -0.15) is 0 Å². The van der Waals surface area contributed by atoms with E-state index in [-0.39, 0.29) is 5.56 Å². The van der Waals surface area contributed by atoms with Crippen LogP contribution in [0.5, 0.6) is 0 Å². The van der Waals surface area contributed by atoms with E-state index in [1.54, 1.807) is 12.4 Å². The maximum absolute atomic E-state index is 12.7. The average molecular weight is 439 g/mol. The predicted octanol–water partition coefficient (Wildman–Crippen LogP) is 4.05. The van der Waals surface area contributed by atoms with Crippen molar-refractivity contribution in [1.82, 2.24) is 15.0 Å². The Morgan fingerprint density at radius 2 is 1.79 bits per heavy atom. The SMILES string of the molecule is C/C(=N\c1cc(N2CCN(c3cnccn3)CC2)ccc1C)c1c2cccccc-2[nH]c1=O. The van der Waals surface area contributed by atoms with Crippen LogP contribution in [0.25, 0.3) is 11.3 Å². The molecule has 1 aromatic carbocycles. The molecule has 33 heavy (non-hydrogen) atoms. The number of nitrogens with one attached hydrogen (secondary N) is 1. The Morgan fingerprint density at radius 1 is 1.00 bits per heavy atom. The van der Waals surface area contributed by atoms with Crippen molar-refractivity contribution in [3.63, 3.8) is 0 Å². The molecule has 1 aromatic heterocycles. The summed E-state index contributed by atoms with van der Waals surface area (Å²) in [5.74, 6) is 0.919. The number of aromatic amines is 1. The van der Waals surface area contributed by atoms with Crippen molar-refractivity contribution in [2.75, 3.05) is 36.0 Å². The van der Waals surface area contributed by atoms with E-state index in [4.69, 9.17) is 4.99 Å². The molecular formula is C26H26N6O. The summed E-state index contributed by atoms with van der Waals surface area (Å²) in [6.07, 6.45) is 5.24. The first-order valence-corrected chi connectivity index (χ1v) is 11.1. The highest BCUT2D eigenvalue weighted by atomic mass is 16.1. The van der Waals surface area contributed by atoms with Crippen LogP contribution < -0.4 is 15.4 Å². The molecule has 0 amide bonds. The molecule has 0 bridgehead atoms. The molecule has 3 aliphatic rings. The second-order valence-corrected chi connectivity index (χ2v) is 8.27. The topological polar surface area (TPSA) is 77.5 Å². The lowest BCUT2D eigenvalue weighted by atomic mass is 10.1. The fourth-order valence-electron chi connectivity index (χ4n) is 4.34. The van der Waals surface area contributed by atoms with E-state index in [0.29, 0.717) is 11.3 Å². The number of aryl methyl sites for hydroxylation is 1. The van der Waals surface area contributed by atoms with Crippen LogP contribution in [0, 0.1) is 6.92 Å². The minimum atomic E-state index is -0.105. The number of aromatic nitrogens is 3. The number of anilines is 2. The summed E-state index contributed by atoms with van der Waals surface area (Å²) in [7, 11) is 0. The highest BCUT2D eigenvalue weighted by Gasteiger charge is 2.20. The van der Waals surface area contributed by atoms with Crippen molar-refractivity contribution < 1.29 is 0 Å². The molecule has 1 saturated heterocycles. The number of aliphatic imine (C=N–C) groups is 1. The largest absolute Gasteiger partial charge is 0.368 e. The second kappa shape index (κ2) is 8.86. The summed E-state index contributed by atoms with van der Waals surface area (Å²) in [6.45, 7) is 7.51. The Morgan fingerprint density at radius 3 is 2.58 bits per heavy atom. The van der Waals surface area contributed by atoms with Crippen molar-refractivity contribution in [2.24, 2.45) is 4.99 Å². The van der Waals surface area contributed by atoms with Gasteiger partial charge in [0.25, 0.3) is 5.56 Å². The van der Waals surface area contributed by atoms with Crippen molar-refractivity contribution in [3.05, 3.63) is 88.6 Å². The van der Waals surface area contributed by atoms with Crippen LogP contribution in [0.4, 0.5) is 17.2 Å². The van der Waals surface area contributed by atoms with Crippen molar-refractivity contribution in [2.45, 2.75) is 13.8 Å². The third-order valence-electron chi connectivity index (χ3n) is 6.14. The van der Waals surface area contributed by atoms with Crippen LogP contribution in [0.3, 0.4) is 0 Å². The van der Waals surface area contributed by atoms with Crippen LogP contribution in [-0.2, 0) is 0 Å². The molecular weight excluding hydrogens is 412 g/mol. The lowest BCUT2D eigenvalue weighted by molar-refractivity contribution is 0.646. The maximum Gasteiger partial charge on any atom is 0.258 e. The molecule has 1 aliphatic carbocycles. The molecule has 1 N–H and O–H groups in total. The zero-order chi connectivity index (χ0) is 22.8. The molecule has 0 atom stereocenters. The first-order chi connectivity index (χ1) is 16.1. The summed E-state index contributed by atoms with van der Waals surface area (Å²) in [4.78, 5) is 33.7. The van der Waals surface area contributed by atoms with E-state index in [0.717, 1.165) is 60.2 Å². The zero-order valence-corrected chi connectivity index (χ0v) is 18.8. The van der Waals surface area contributed by atoms with Crippen molar-refractivity contribution in [3.8, 4) is 11.3 Å². The first kappa shape index (κ1) is 20.9. The number of benzene rings is 1.